The Morgan fingerprint density at radius 1 is 0.821 bits per heavy atom. The first-order valence-corrected chi connectivity index (χ1v) is 9.27. The van der Waals surface area contributed by atoms with Crippen LogP contribution in [0.15, 0.2) is 36.4 Å². The monoisotopic (exact) mass is 384 g/mol. The van der Waals surface area contributed by atoms with Crippen LogP contribution in [-0.4, -0.2) is 25.0 Å². The minimum Gasteiger partial charge on any atom is -0.483 e. The number of nitrogens with one attached hydrogen (secondary N) is 2. The van der Waals surface area contributed by atoms with E-state index in [4.69, 9.17) is 9.47 Å². The van der Waals surface area contributed by atoms with Crippen molar-refractivity contribution in [2.24, 2.45) is 0 Å². The van der Waals surface area contributed by atoms with Crippen LogP contribution in [0, 0.1) is 20.8 Å². The Kier molecular flexibility index (Phi) is 7.44. The topological polar surface area (TPSA) is 76.7 Å². The molecule has 0 radical (unpaired) electrons. The molecule has 0 bridgehead atoms. The van der Waals surface area contributed by atoms with E-state index in [0.29, 0.717) is 11.5 Å². The molecule has 28 heavy (non-hydrogen) atoms. The largest absolute Gasteiger partial charge is 0.483 e. The summed E-state index contributed by atoms with van der Waals surface area (Å²) in [5, 5.41) is 0. The summed E-state index contributed by atoms with van der Waals surface area (Å²) in [6.45, 7) is 9.61. The van der Waals surface area contributed by atoms with E-state index in [2.05, 4.69) is 24.7 Å². The maximum absolute atomic E-state index is 12.0. The molecule has 0 aliphatic heterocycles. The van der Waals surface area contributed by atoms with Gasteiger partial charge in [0.25, 0.3) is 11.8 Å². The summed E-state index contributed by atoms with van der Waals surface area (Å²) in [5.41, 5.74) is 8.81. The molecule has 2 aromatic rings. The predicted octanol–water partition coefficient (Wildman–Crippen LogP) is 3.34. The number of amides is 2. The van der Waals surface area contributed by atoms with Crippen LogP contribution in [0.3, 0.4) is 0 Å². The van der Waals surface area contributed by atoms with Crippen LogP contribution in [0.25, 0.3) is 0 Å². The maximum Gasteiger partial charge on any atom is 0.276 e. The first kappa shape index (κ1) is 21.3. The van der Waals surface area contributed by atoms with Gasteiger partial charge < -0.3 is 9.47 Å². The smallest absolute Gasteiger partial charge is 0.276 e. The Bertz CT molecular complexity index is 846. The normalized spacial score (nSPS) is 10.5. The number of benzene rings is 2. The van der Waals surface area contributed by atoms with E-state index in [-0.39, 0.29) is 19.1 Å². The van der Waals surface area contributed by atoms with Gasteiger partial charge in [-0.3, -0.25) is 20.4 Å². The van der Waals surface area contributed by atoms with E-state index in [1.54, 1.807) is 0 Å². The second-order valence-electron chi connectivity index (χ2n) is 7.14. The maximum atomic E-state index is 12.0. The Morgan fingerprint density at radius 3 is 1.93 bits per heavy atom. The quantitative estimate of drug-likeness (QED) is 0.718. The lowest BCUT2D eigenvalue weighted by Crippen LogP contribution is -2.45. The number of carbonyl (C=O) groups excluding carboxylic acids is 2. The highest BCUT2D eigenvalue weighted by atomic mass is 16.5. The zero-order valence-corrected chi connectivity index (χ0v) is 17.1. The minimum absolute atomic E-state index is 0.193. The van der Waals surface area contributed by atoms with Crippen molar-refractivity contribution < 1.29 is 19.1 Å². The van der Waals surface area contributed by atoms with Crippen LogP contribution < -0.4 is 20.3 Å². The van der Waals surface area contributed by atoms with Gasteiger partial charge in [0.15, 0.2) is 13.2 Å². The fourth-order valence-corrected chi connectivity index (χ4v) is 2.70. The van der Waals surface area contributed by atoms with Crippen LogP contribution in [0.5, 0.6) is 11.5 Å². The fraction of sp³-hybridized carbons (Fsp3) is 0.364. The molecule has 0 spiro atoms. The molecule has 0 aliphatic rings. The molecular formula is C22H28N2O4. The number of hydrogen-bond donors (Lipinski definition) is 2. The molecule has 2 N–H and O–H groups in total. The van der Waals surface area contributed by atoms with E-state index >= 15 is 0 Å². The van der Waals surface area contributed by atoms with Crippen LogP contribution in [-0.2, 0) is 9.59 Å². The van der Waals surface area contributed by atoms with Crippen molar-refractivity contribution in [3.63, 3.8) is 0 Å². The van der Waals surface area contributed by atoms with Crippen LogP contribution in [0.4, 0.5) is 0 Å². The molecule has 0 unspecified atom stereocenters. The Morgan fingerprint density at radius 2 is 1.36 bits per heavy atom. The highest BCUT2D eigenvalue weighted by Crippen LogP contribution is 2.27. The van der Waals surface area contributed by atoms with Crippen LogP contribution in [0.1, 0.15) is 42.0 Å². The standard InChI is InChI=1S/C22H28N2O4/c1-14(2)18-8-6-16(4)11-20(18)28-13-22(26)24-23-21(25)12-27-19-9-7-15(3)10-17(19)5/h6-11,14H,12-13H2,1-5H3,(H,23,25)(H,24,26). The van der Waals surface area contributed by atoms with Crippen molar-refractivity contribution in [1.29, 1.82) is 0 Å². The van der Waals surface area contributed by atoms with Gasteiger partial charge in [-0.05, 0) is 55.5 Å². The summed E-state index contributed by atoms with van der Waals surface area (Å²) in [7, 11) is 0. The average Bonchev–Trinajstić information content (AvgIpc) is 2.63. The van der Waals surface area contributed by atoms with Gasteiger partial charge in [0.05, 0.1) is 0 Å². The Hall–Kier alpha value is -3.02. The van der Waals surface area contributed by atoms with E-state index in [1.165, 1.54) is 0 Å². The van der Waals surface area contributed by atoms with E-state index in [1.807, 2.05) is 57.2 Å². The van der Waals surface area contributed by atoms with Gasteiger partial charge in [0, 0.05) is 0 Å². The molecule has 2 aromatic carbocycles. The molecular weight excluding hydrogens is 356 g/mol. The third-order valence-corrected chi connectivity index (χ3v) is 4.18. The first-order chi connectivity index (χ1) is 13.3. The molecule has 0 heterocycles. The second kappa shape index (κ2) is 9.78. The first-order valence-electron chi connectivity index (χ1n) is 9.27. The molecule has 6 nitrogen and oxygen atoms in total. The van der Waals surface area contributed by atoms with Crippen LogP contribution in [0.2, 0.25) is 0 Å². The molecule has 0 aliphatic carbocycles. The number of rotatable bonds is 7. The molecule has 0 aromatic heterocycles. The molecule has 0 saturated carbocycles. The lowest BCUT2D eigenvalue weighted by molar-refractivity contribution is -0.131. The van der Waals surface area contributed by atoms with E-state index in [9.17, 15) is 9.59 Å². The second-order valence-corrected chi connectivity index (χ2v) is 7.14. The Balaban J connectivity index is 1.78. The van der Waals surface area contributed by atoms with Gasteiger partial charge in [-0.25, -0.2) is 0 Å². The van der Waals surface area contributed by atoms with Crippen molar-refractivity contribution in [2.75, 3.05) is 13.2 Å². The van der Waals surface area contributed by atoms with Crippen molar-refractivity contribution in [3.8, 4) is 11.5 Å². The lowest BCUT2D eigenvalue weighted by atomic mass is 10.0. The van der Waals surface area contributed by atoms with Gasteiger partial charge in [-0.2, -0.15) is 0 Å². The minimum atomic E-state index is -0.452. The molecule has 2 rings (SSSR count). The number of aryl methyl sites for hydroxylation is 3. The van der Waals surface area contributed by atoms with E-state index in [0.717, 1.165) is 22.3 Å². The average molecular weight is 384 g/mol. The van der Waals surface area contributed by atoms with Crippen LogP contribution >= 0.6 is 0 Å². The summed E-state index contributed by atoms with van der Waals surface area (Å²) >= 11 is 0. The van der Waals surface area contributed by atoms with Crippen molar-refractivity contribution in [3.05, 3.63) is 58.7 Å². The molecule has 150 valence electrons. The summed E-state index contributed by atoms with van der Waals surface area (Å²) in [4.78, 5) is 23.8. The third-order valence-electron chi connectivity index (χ3n) is 4.18. The van der Waals surface area contributed by atoms with Gasteiger partial charge in [0.2, 0.25) is 0 Å². The van der Waals surface area contributed by atoms with Crippen molar-refractivity contribution in [2.45, 2.75) is 40.5 Å². The Labute approximate surface area is 166 Å². The summed E-state index contributed by atoms with van der Waals surface area (Å²) in [6, 6.07) is 11.6. The van der Waals surface area contributed by atoms with Gasteiger partial charge in [0.1, 0.15) is 11.5 Å². The van der Waals surface area contributed by atoms with Gasteiger partial charge in [-0.15, -0.1) is 0 Å². The summed E-state index contributed by atoms with van der Waals surface area (Å²) in [6.07, 6.45) is 0. The highest BCUT2D eigenvalue weighted by molar-refractivity contribution is 5.83. The SMILES string of the molecule is Cc1ccc(OCC(=O)NNC(=O)COc2cc(C)ccc2C(C)C)c(C)c1. The van der Waals surface area contributed by atoms with Gasteiger partial charge >= 0.3 is 0 Å². The summed E-state index contributed by atoms with van der Waals surface area (Å²) < 4.78 is 11.1. The zero-order valence-electron chi connectivity index (χ0n) is 17.1. The van der Waals surface area contributed by atoms with E-state index < -0.39 is 11.8 Å². The molecule has 0 atom stereocenters. The molecule has 6 heteroatoms. The molecule has 0 fully saturated rings. The lowest BCUT2D eigenvalue weighted by Gasteiger charge is -2.15. The number of hydrazine groups is 1. The fourth-order valence-electron chi connectivity index (χ4n) is 2.70. The third kappa shape index (κ3) is 6.30. The van der Waals surface area contributed by atoms with Crippen molar-refractivity contribution >= 4 is 11.8 Å². The number of ether oxygens (including phenoxy) is 2. The molecule has 0 saturated heterocycles. The zero-order chi connectivity index (χ0) is 20.7. The van der Waals surface area contributed by atoms with Gasteiger partial charge in [-0.1, -0.05) is 43.7 Å². The molecule has 2 amide bonds. The number of hydrogen-bond acceptors (Lipinski definition) is 4. The number of carbonyl (C=O) groups is 2. The summed E-state index contributed by atoms with van der Waals surface area (Å²) in [5.74, 6) is 0.689. The predicted molar refractivity (Wildman–Crippen MR) is 108 cm³/mol. The van der Waals surface area contributed by atoms with Crippen molar-refractivity contribution in [1.82, 2.24) is 10.9 Å². The highest BCUT2D eigenvalue weighted by Gasteiger charge is 2.11.